The quantitative estimate of drug-likeness (QED) is 0.580. The van der Waals surface area contributed by atoms with E-state index in [4.69, 9.17) is 19.9 Å². The van der Waals surface area contributed by atoms with Gasteiger partial charge in [0.05, 0.1) is 18.8 Å². The summed E-state index contributed by atoms with van der Waals surface area (Å²) < 4.78 is 16.6. The van der Waals surface area contributed by atoms with E-state index < -0.39 is 0 Å². The van der Waals surface area contributed by atoms with Gasteiger partial charge in [0.2, 0.25) is 0 Å². The molecule has 4 heteroatoms. The van der Waals surface area contributed by atoms with Crippen molar-refractivity contribution in [2.24, 2.45) is 17.6 Å². The molecule has 0 spiro atoms. The van der Waals surface area contributed by atoms with Crippen LogP contribution in [-0.4, -0.2) is 31.3 Å². The van der Waals surface area contributed by atoms with Gasteiger partial charge >= 0.3 is 0 Å². The molecule has 0 amide bonds. The number of ether oxygens (including phenoxy) is 3. The Morgan fingerprint density at radius 1 is 1.38 bits per heavy atom. The molecule has 3 aliphatic rings. The molecule has 3 aliphatic heterocycles. The molecule has 4 nitrogen and oxygen atoms in total. The van der Waals surface area contributed by atoms with Crippen molar-refractivity contribution in [1.29, 1.82) is 0 Å². The van der Waals surface area contributed by atoms with Gasteiger partial charge in [-0.1, -0.05) is 6.92 Å². The van der Waals surface area contributed by atoms with Gasteiger partial charge in [0, 0.05) is 11.8 Å². The van der Waals surface area contributed by atoms with Crippen LogP contribution in [0.3, 0.4) is 0 Å². The predicted octanol–water partition coefficient (Wildman–Crippen LogP) is 0.0691. The van der Waals surface area contributed by atoms with E-state index in [1.807, 2.05) is 0 Å². The van der Waals surface area contributed by atoms with E-state index >= 15 is 0 Å². The third-order valence-corrected chi connectivity index (χ3v) is 3.70. The first-order valence-electron chi connectivity index (χ1n) is 4.90. The molecule has 74 valence electrons. The lowest BCUT2D eigenvalue weighted by molar-refractivity contribution is -0.189. The fourth-order valence-electron chi connectivity index (χ4n) is 2.76. The van der Waals surface area contributed by atoms with Crippen LogP contribution in [-0.2, 0) is 14.2 Å². The molecule has 0 aliphatic carbocycles. The average molecular weight is 185 g/mol. The van der Waals surface area contributed by atoms with E-state index in [1.54, 1.807) is 0 Å². The van der Waals surface area contributed by atoms with Crippen LogP contribution in [0.5, 0.6) is 0 Å². The van der Waals surface area contributed by atoms with Crippen LogP contribution in [0.4, 0.5) is 0 Å². The summed E-state index contributed by atoms with van der Waals surface area (Å²) in [5.41, 5.74) is 6.06. The monoisotopic (exact) mass is 185 g/mol. The van der Waals surface area contributed by atoms with Crippen LogP contribution in [0.25, 0.3) is 0 Å². The summed E-state index contributed by atoms with van der Waals surface area (Å²) >= 11 is 0. The summed E-state index contributed by atoms with van der Waals surface area (Å²) in [5, 5.41) is 0. The van der Waals surface area contributed by atoms with Crippen LogP contribution >= 0.6 is 0 Å². The topological polar surface area (TPSA) is 53.7 Å². The minimum Gasteiger partial charge on any atom is -0.352 e. The second-order valence-corrected chi connectivity index (χ2v) is 4.34. The summed E-state index contributed by atoms with van der Waals surface area (Å²) in [7, 11) is 0. The highest BCUT2D eigenvalue weighted by molar-refractivity contribution is 5.08. The zero-order valence-electron chi connectivity index (χ0n) is 7.73. The van der Waals surface area contributed by atoms with E-state index in [-0.39, 0.29) is 18.1 Å². The largest absolute Gasteiger partial charge is 0.352 e. The first kappa shape index (κ1) is 8.17. The SMILES string of the molecule is C[C@@H]1CO[C@@H]2O[C@@H]3OCC[C@@H]3[C@@]21N. The molecule has 3 rings (SSSR count). The number of rotatable bonds is 0. The van der Waals surface area contributed by atoms with Crippen molar-refractivity contribution >= 4 is 0 Å². The third kappa shape index (κ3) is 0.845. The molecule has 3 saturated heterocycles. The molecule has 13 heavy (non-hydrogen) atoms. The van der Waals surface area contributed by atoms with Gasteiger partial charge in [-0.3, -0.25) is 0 Å². The lowest BCUT2D eigenvalue weighted by Crippen LogP contribution is -2.53. The van der Waals surface area contributed by atoms with E-state index in [0.29, 0.717) is 18.4 Å². The summed E-state index contributed by atoms with van der Waals surface area (Å²) in [6, 6.07) is 0. The van der Waals surface area contributed by atoms with Crippen LogP contribution in [0.15, 0.2) is 0 Å². The van der Waals surface area contributed by atoms with Crippen LogP contribution in [0.2, 0.25) is 0 Å². The van der Waals surface area contributed by atoms with Crippen molar-refractivity contribution in [2.45, 2.75) is 31.5 Å². The molecule has 0 bridgehead atoms. The maximum absolute atomic E-state index is 6.36. The predicted molar refractivity (Wildman–Crippen MR) is 44.8 cm³/mol. The minimum atomic E-state index is -0.304. The van der Waals surface area contributed by atoms with Crippen molar-refractivity contribution in [3.8, 4) is 0 Å². The Balaban J connectivity index is 1.95. The van der Waals surface area contributed by atoms with Crippen LogP contribution < -0.4 is 5.73 Å². The van der Waals surface area contributed by atoms with Crippen molar-refractivity contribution < 1.29 is 14.2 Å². The summed E-state index contributed by atoms with van der Waals surface area (Å²) in [5.74, 6) is 0.698. The highest BCUT2D eigenvalue weighted by atomic mass is 16.8. The van der Waals surface area contributed by atoms with Gasteiger partial charge < -0.3 is 19.9 Å². The van der Waals surface area contributed by atoms with Crippen molar-refractivity contribution in [1.82, 2.24) is 0 Å². The highest BCUT2D eigenvalue weighted by Gasteiger charge is 2.62. The van der Waals surface area contributed by atoms with Gasteiger partial charge in [-0.05, 0) is 6.42 Å². The molecule has 3 fully saturated rings. The molecule has 0 aromatic carbocycles. The van der Waals surface area contributed by atoms with E-state index in [9.17, 15) is 0 Å². The normalized spacial score (nSPS) is 59.5. The molecule has 0 radical (unpaired) electrons. The molecule has 0 unspecified atom stereocenters. The van der Waals surface area contributed by atoms with Gasteiger partial charge in [0.25, 0.3) is 0 Å². The lowest BCUT2D eigenvalue weighted by atomic mass is 9.77. The molecule has 0 saturated carbocycles. The average Bonchev–Trinajstić information content (AvgIpc) is 2.70. The minimum absolute atomic E-state index is 0.113. The molecule has 0 aromatic heterocycles. The summed E-state index contributed by atoms with van der Waals surface area (Å²) in [4.78, 5) is 0. The van der Waals surface area contributed by atoms with E-state index in [0.717, 1.165) is 13.0 Å². The van der Waals surface area contributed by atoms with E-state index in [2.05, 4.69) is 6.92 Å². The standard InChI is InChI=1S/C9H15NO3/c1-5-4-12-8-9(5,10)6-2-3-11-7(6)13-8/h5-8H,2-4,10H2,1H3/t5-,6+,7+,8-,9-/m1/s1. The third-order valence-electron chi connectivity index (χ3n) is 3.70. The van der Waals surface area contributed by atoms with Gasteiger partial charge in [0.15, 0.2) is 12.6 Å². The molecule has 5 atom stereocenters. The fourth-order valence-corrected chi connectivity index (χ4v) is 2.76. The first-order chi connectivity index (χ1) is 6.23. The Labute approximate surface area is 77.3 Å². The second-order valence-electron chi connectivity index (χ2n) is 4.34. The number of nitrogens with two attached hydrogens (primary N) is 1. The highest BCUT2D eigenvalue weighted by Crippen LogP contribution is 2.48. The molecule has 0 aromatic rings. The molecular weight excluding hydrogens is 170 g/mol. The fraction of sp³-hybridized carbons (Fsp3) is 1.00. The summed E-state index contributed by atoms with van der Waals surface area (Å²) in [6.45, 7) is 3.61. The zero-order chi connectivity index (χ0) is 9.05. The van der Waals surface area contributed by atoms with E-state index in [1.165, 1.54) is 0 Å². The first-order valence-corrected chi connectivity index (χ1v) is 4.90. The molecule has 3 heterocycles. The van der Waals surface area contributed by atoms with Gasteiger partial charge in [-0.25, -0.2) is 0 Å². The Hall–Kier alpha value is -0.160. The smallest absolute Gasteiger partial charge is 0.179 e. The Bertz CT molecular complexity index is 235. The van der Waals surface area contributed by atoms with Crippen LogP contribution in [0.1, 0.15) is 13.3 Å². The Morgan fingerprint density at radius 2 is 2.23 bits per heavy atom. The van der Waals surface area contributed by atoms with Crippen LogP contribution in [0, 0.1) is 11.8 Å². The van der Waals surface area contributed by atoms with Gasteiger partial charge in [0.1, 0.15) is 0 Å². The van der Waals surface area contributed by atoms with Gasteiger partial charge in [-0.15, -0.1) is 0 Å². The molecule has 2 N–H and O–H groups in total. The summed E-state index contributed by atoms with van der Waals surface area (Å²) in [6.07, 6.45) is 0.654. The zero-order valence-corrected chi connectivity index (χ0v) is 7.73. The number of hydrogen-bond donors (Lipinski definition) is 1. The maximum atomic E-state index is 6.36. The van der Waals surface area contributed by atoms with Crippen molar-refractivity contribution in [2.75, 3.05) is 13.2 Å². The van der Waals surface area contributed by atoms with Crippen molar-refractivity contribution in [3.05, 3.63) is 0 Å². The number of fused-ring (bicyclic) bond motifs is 3. The van der Waals surface area contributed by atoms with Gasteiger partial charge in [-0.2, -0.15) is 0 Å². The number of hydrogen-bond acceptors (Lipinski definition) is 4. The lowest BCUT2D eigenvalue weighted by Gasteiger charge is -2.29. The van der Waals surface area contributed by atoms with Crippen molar-refractivity contribution in [3.63, 3.8) is 0 Å². The molecular formula is C9H15NO3. The Morgan fingerprint density at radius 3 is 3.08 bits per heavy atom. The maximum Gasteiger partial charge on any atom is 0.179 e. The second kappa shape index (κ2) is 2.45. The Kier molecular flexibility index (Phi) is 1.54.